The number of aryl methyl sites for hydroxylation is 1. The van der Waals surface area contributed by atoms with E-state index in [1.807, 2.05) is 73.7 Å². The molecule has 0 bridgehead atoms. The average Bonchev–Trinajstić information content (AvgIpc) is 3.23. The van der Waals surface area contributed by atoms with Gasteiger partial charge in [-0.05, 0) is 43.3 Å². The van der Waals surface area contributed by atoms with E-state index >= 15 is 0 Å². The summed E-state index contributed by atoms with van der Waals surface area (Å²) in [7, 11) is 0. The molecule has 0 unspecified atom stereocenters. The van der Waals surface area contributed by atoms with E-state index in [1.54, 1.807) is 11.8 Å². The van der Waals surface area contributed by atoms with Gasteiger partial charge in [0.15, 0.2) is 4.34 Å². The number of thioether (sulfide) groups is 1. The standard InChI is InChI=1S/C23H20N4OS3/c1-16-11-13-17(14-12-16)24-22-26-27-23(31-22)29-15-21(28)25-19-9-5-6-10-20(19)30-18-7-3-2-4-8-18/h2-14H,15H2,1H3,(H,24,26)(H,25,28). The molecule has 5 nitrogen and oxygen atoms in total. The largest absolute Gasteiger partial charge is 0.330 e. The monoisotopic (exact) mass is 464 g/mol. The van der Waals surface area contributed by atoms with Crippen LogP contribution in [0.4, 0.5) is 16.5 Å². The molecule has 8 heteroatoms. The maximum absolute atomic E-state index is 12.5. The van der Waals surface area contributed by atoms with Crippen LogP contribution in [0.2, 0.25) is 0 Å². The molecule has 1 aromatic heterocycles. The second-order valence-corrected chi connectivity index (χ2v) is 9.93. The lowest BCUT2D eigenvalue weighted by molar-refractivity contribution is -0.113. The van der Waals surface area contributed by atoms with Gasteiger partial charge in [0.05, 0.1) is 11.4 Å². The first-order valence-corrected chi connectivity index (χ1v) is 12.2. The minimum absolute atomic E-state index is 0.0747. The van der Waals surface area contributed by atoms with E-state index in [9.17, 15) is 4.79 Å². The number of benzene rings is 3. The average molecular weight is 465 g/mol. The Kier molecular flexibility index (Phi) is 7.24. The molecule has 4 aromatic rings. The van der Waals surface area contributed by atoms with Crippen molar-refractivity contribution in [2.75, 3.05) is 16.4 Å². The van der Waals surface area contributed by atoms with Gasteiger partial charge in [0.1, 0.15) is 0 Å². The van der Waals surface area contributed by atoms with E-state index in [4.69, 9.17) is 0 Å². The predicted molar refractivity (Wildman–Crippen MR) is 131 cm³/mol. The highest BCUT2D eigenvalue weighted by atomic mass is 32.2. The fourth-order valence-corrected chi connectivity index (χ4v) is 5.16. The minimum Gasteiger partial charge on any atom is -0.330 e. The van der Waals surface area contributed by atoms with Crippen molar-refractivity contribution in [3.05, 3.63) is 84.4 Å². The number of amides is 1. The Morgan fingerprint density at radius 1 is 0.935 bits per heavy atom. The summed E-state index contributed by atoms with van der Waals surface area (Å²) in [5.41, 5.74) is 2.97. The van der Waals surface area contributed by atoms with Crippen molar-refractivity contribution in [2.45, 2.75) is 21.1 Å². The number of rotatable bonds is 8. The number of aromatic nitrogens is 2. The van der Waals surface area contributed by atoms with Gasteiger partial charge in [0.25, 0.3) is 0 Å². The first-order valence-electron chi connectivity index (χ1n) is 9.57. The molecular weight excluding hydrogens is 444 g/mol. The molecule has 31 heavy (non-hydrogen) atoms. The van der Waals surface area contributed by atoms with Gasteiger partial charge < -0.3 is 10.6 Å². The molecule has 0 aliphatic heterocycles. The number of carbonyl (C=O) groups excluding carboxylic acids is 1. The van der Waals surface area contributed by atoms with Crippen LogP contribution in [-0.4, -0.2) is 21.9 Å². The summed E-state index contributed by atoms with van der Waals surface area (Å²) < 4.78 is 0.747. The van der Waals surface area contributed by atoms with Gasteiger partial charge in [-0.15, -0.1) is 10.2 Å². The molecule has 1 amide bonds. The molecular formula is C23H20N4OS3. The fraction of sp³-hybridized carbons (Fsp3) is 0.0870. The normalized spacial score (nSPS) is 10.6. The van der Waals surface area contributed by atoms with Crippen molar-refractivity contribution in [2.24, 2.45) is 0 Å². The third kappa shape index (κ3) is 6.33. The molecule has 0 aliphatic rings. The molecule has 0 saturated carbocycles. The Labute approximate surface area is 193 Å². The molecule has 2 N–H and O–H groups in total. The highest BCUT2D eigenvalue weighted by molar-refractivity contribution is 8.01. The van der Waals surface area contributed by atoms with Crippen LogP contribution < -0.4 is 10.6 Å². The smallest absolute Gasteiger partial charge is 0.234 e. The molecule has 0 saturated heterocycles. The highest BCUT2D eigenvalue weighted by Crippen LogP contribution is 2.33. The lowest BCUT2D eigenvalue weighted by Gasteiger charge is -2.10. The van der Waals surface area contributed by atoms with Crippen molar-refractivity contribution < 1.29 is 4.79 Å². The van der Waals surface area contributed by atoms with E-state index in [0.717, 1.165) is 25.5 Å². The van der Waals surface area contributed by atoms with Crippen LogP contribution in [0.25, 0.3) is 0 Å². The summed E-state index contributed by atoms with van der Waals surface area (Å²) in [5.74, 6) is 0.193. The second-order valence-electron chi connectivity index (χ2n) is 6.61. The number of para-hydroxylation sites is 1. The maximum atomic E-state index is 12.5. The number of hydrogen-bond donors (Lipinski definition) is 2. The van der Waals surface area contributed by atoms with Crippen LogP contribution >= 0.6 is 34.9 Å². The number of nitrogens with one attached hydrogen (secondary N) is 2. The molecule has 0 spiro atoms. The molecule has 0 fully saturated rings. The Morgan fingerprint density at radius 3 is 2.48 bits per heavy atom. The summed E-state index contributed by atoms with van der Waals surface area (Å²) in [6.45, 7) is 2.05. The maximum Gasteiger partial charge on any atom is 0.234 e. The number of nitrogens with zero attached hydrogens (tertiary/aromatic N) is 2. The van der Waals surface area contributed by atoms with E-state index < -0.39 is 0 Å². The quantitative estimate of drug-likeness (QED) is 0.291. The van der Waals surface area contributed by atoms with Crippen LogP contribution in [0.15, 0.2) is 93.0 Å². The van der Waals surface area contributed by atoms with Crippen LogP contribution in [0.1, 0.15) is 5.56 Å². The van der Waals surface area contributed by atoms with Crippen LogP contribution in [-0.2, 0) is 4.79 Å². The van der Waals surface area contributed by atoms with Gasteiger partial charge in [0, 0.05) is 15.5 Å². The van der Waals surface area contributed by atoms with Crippen molar-refractivity contribution >= 4 is 57.3 Å². The number of hydrogen-bond acceptors (Lipinski definition) is 7. The first kappa shape index (κ1) is 21.4. The lowest BCUT2D eigenvalue weighted by atomic mass is 10.2. The highest BCUT2D eigenvalue weighted by Gasteiger charge is 2.11. The van der Waals surface area contributed by atoms with Gasteiger partial charge >= 0.3 is 0 Å². The third-order valence-corrected chi connectivity index (χ3v) is 7.22. The predicted octanol–water partition coefficient (Wildman–Crippen LogP) is 6.47. The first-order chi connectivity index (χ1) is 15.2. The Hall–Kier alpha value is -2.81. The minimum atomic E-state index is -0.0747. The zero-order valence-corrected chi connectivity index (χ0v) is 19.2. The molecule has 1 heterocycles. The topological polar surface area (TPSA) is 66.9 Å². The molecule has 4 rings (SSSR count). The lowest BCUT2D eigenvalue weighted by Crippen LogP contribution is -2.14. The molecule has 0 aliphatic carbocycles. The Balaban J connectivity index is 1.32. The van der Waals surface area contributed by atoms with E-state index in [1.165, 1.54) is 28.7 Å². The fourth-order valence-electron chi connectivity index (χ4n) is 2.67. The van der Waals surface area contributed by atoms with Crippen molar-refractivity contribution in [3.63, 3.8) is 0 Å². The van der Waals surface area contributed by atoms with Gasteiger partial charge in [-0.3, -0.25) is 4.79 Å². The van der Waals surface area contributed by atoms with Gasteiger partial charge in [-0.2, -0.15) is 0 Å². The summed E-state index contributed by atoms with van der Waals surface area (Å²) in [5, 5.41) is 15.3. The number of carbonyl (C=O) groups is 1. The second kappa shape index (κ2) is 10.5. The van der Waals surface area contributed by atoms with Crippen molar-refractivity contribution in [1.82, 2.24) is 10.2 Å². The summed E-state index contributed by atoms with van der Waals surface area (Å²) in [6.07, 6.45) is 0. The zero-order chi connectivity index (χ0) is 21.5. The zero-order valence-electron chi connectivity index (χ0n) is 16.7. The molecule has 0 atom stereocenters. The van der Waals surface area contributed by atoms with E-state index in [0.29, 0.717) is 5.13 Å². The van der Waals surface area contributed by atoms with E-state index in [2.05, 4.69) is 33.0 Å². The van der Waals surface area contributed by atoms with Crippen LogP contribution in [0.5, 0.6) is 0 Å². The van der Waals surface area contributed by atoms with Gasteiger partial charge in [0.2, 0.25) is 11.0 Å². The van der Waals surface area contributed by atoms with E-state index in [-0.39, 0.29) is 11.7 Å². The van der Waals surface area contributed by atoms with Gasteiger partial charge in [-0.1, -0.05) is 82.9 Å². The summed E-state index contributed by atoms with van der Waals surface area (Å²) in [4.78, 5) is 14.7. The third-order valence-electron chi connectivity index (χ3n) is 4.17. The molecule has 3 aromatic carbocycles. The van der Waals surface area contributed by atoms with Crippen LogP contribution in [0.3, 0.4) is 0 Å². The SMILES string of the molecule is Cc1ccc(Nc2nnc(SCC(=O)Nc3ccccc3Sc3ccccc3)s2)cc1. The van der Waals surface area contributed by atoms with Gasteiger partial charge in [-0.25, -0.2) is 0 Å². The van der Waals surface area contributed by atoms with Crippen molar-refractivity contribution in [3.8, 4) is 0 Å². The number of anilines is 3. The molecule has 0 radical (unpaired) electrons. The Morgan fingerprint density at radius 2 is 1.68 bits per heavy atom. The molecule has 156 valence electrons. The summed E-state index contributed by atoms with van der Waals surface area (Å²) in [6, 6.07) is 26.0. The summed E-state index contributed by atoms with van der Waals surface area (Å²) >= 11 is 4.43. The van der Waals surface area contributed by atoms with Crippen molar-refractivity contribution in [1.29, 1.82) is 0 Å². The Bertz CT molecular complexity index is 1150. The van der Waals surface area contributed by atoms with Crippen LogP contribution in [0, 0.1) is 6.92 Å².